The number of primary amides is 1. The average molecular weight is 483 g/mol. The summed E-state index contributed by atoms with van der Waals surface area (Å²) in [6.07, 6.45) is 3.75. The van der Waals surface area contributed by atoms with Crippen molar-refractivity contribution in [1.82, 2.24) is 0 Å². The van der Waals surface area contributed by atoms with Crippen molar-refractivity contribution in [3.05, 3.63) is 44.7 Å². The second kappa shape index (κ2) is 9.58. The van der Waals surface area contributed by atoms with Crippen LogP contribution < -0.4 is 11.1 Å². The Bertz CT molecular complexity index is 896. The summed E-state index contributed by atoms with van der Waals surface area (Å²) in [5.74, 6) is -1.40. The molecule has 0 atom stereocenters. The molecule has 1 aromatic heterocycles. The van der Waals surface area contributed by atoms with E-state index in [9.17, 15) is 14.4 Å². The van der Waals surface area contributed by atoms with Crippen LogP contribution in [-0.4, -0.2) is 30.1 Å². The fraction of sp³-hybridized carbons (Fsp3) is 0.316. The number of thioether (sulfide) groups is 1. The van der Waals surface area contributed by atoms with Crippen LogP contribution in [0.25, 0.3) is 0 Å². The number of halogens is 1. The average Bonchev–Trinajstić information content (AvgIpc) is 3.03. The van der Waals surface area contributed by atoms with Crippen molar-refractivity contribution >= 4 is 61.8 Å². The summed E-state index contributed by atoms with van der Waals surface area (Å²) >= 11 is 6.06. The Morgan fingerprint density at radius 3 is 2.61 bits per heavy atom. The number of nitrogens with two attached hydrogens (primary N) is 1. The molecule has 2 aromatic rings. The lowest BCUT2D eigenvalue weighted by Gasteiger charge is -2.11. The Balaban J connectivity index is 1.51. The quantitative estimate of drug-likeness (QED) is 0.462. The Morgan fingerprint density at radius 1 is 1.18 bits per heavy atom. The maximum absolute atomic E-state index is 12.2. The third kappa shape index (κ3) is 5.36. The van der Waals surface area contributed by atoms with Crippen LogP contribution in [0.2, 0.25) is 0 Å². The summed E-state index contributed by atoms with van der Waals surface area (Å²) < 4.78 is 5.99. The molecule has 9 heteroatoms. The Hall–Kier alpha value is -1.84. The third-order valence-electron chi connectivity index (χ3n) is 4.21. The molecule has 148 valence electrons. The number of nitrogens with one attached hydrogen (secondary N) is 1. The zero-order valence-corrected chi connectivity index (χ0v) is 18.2. The van der Waals surface area contributed by atoms with Crippen molar-refractivity contribution < 1.29 is 19.1 Å². The monoisotopic (exact) mass is 482 g/mol. The second-order valence-corrected chi connectivity index (χ2v) is 9.30. The number of ether oxygens (including phenoxy) is 1. The second-order valence-electron chi connectivity index (χ2n) is 6.23. The first-order valence-electron chi connectivity index (χ1n) is 8.72. The lowest BCUT2D eigenvalue weighted by Crippen LogP contribution is -2.23. The van der Waals surface area contributed by atoms with E-state index in [0.29, 0.717) is 10.6 Å². The summed E-state index contributed by atoms with van der Waals surface area (Å²) in [7, 11) is 0. The number of fused-ring (bicyclic) bond motifs is 1. The molecule has 6 nitrogen and oxygen atoms in total. The molecule has 28 heavy (non-hydrogen) atoms. The Labute approximate surface area is 179 Å². The van der Waals surface area contributed by atoms with Gasteiger partial charge in [-0.15, -0.1) is 23.1 Å². The van der Waals surface area contributed by atoms with E-state index < -0.39 is 24.4 Å². The fourth-order valence-electron chi connectivity index (χ4n) is 2.94. The highest BCUT2D eigenvalue weighted by molar-refractivity contribution is 9.10. The molecule has 3 rings (SSSR count). The number of esters is 1. The smallest absolute Gasteiger partial charge is 0.316 e. The molecule has 0 aliphatic heterocycles. The minimum Gasteiger partial charge on any atom is -0.455 e. The predicted molar refractivity (Wildman–Crippen MR) is 114 cm³/mol. The zero-order valence-electron chi connectivity index (χ0n) is 15.0. The largest absolute Gasteiger partial charge is 0.455 e. The molecule has 1 aromatic carbocycles. The van der Waals surface area contributed by atoms with E-state index in [1.54, 1.807) is 0 Å². The number of benzene rings is 1. The highest BCUT2D eigenvalue weighted by atomic mass is 79.9. The van der Waals surface area contributed by atoms with Crippen LogP contribution in [0.15, 0.2) is 33.6 Å². The number of rotatable bonds is 7. The van der Waals surface area contributed by atoms with E-state index in [1.807, 2.05) is 24.3 Å². The Kier molecular flexibility index (Phi) is 7.14. The molecule has 0 bridgehead atoms. The fourth-order valence-corrected chi connectivity index (χ4v) is 5.21. The topological polar surface area (TPSA) is 98.5 Å². The first-order chi connectivity index (χ1) is 13.4. The minimum absolute atomic E-state index is 0.106. The number of aryl methyl sites for hydroxylation is 1. The molecule has 2 amide bonds. The van der Waals surface area contributed by atoms with Gasteiger partial charge in [-0.05, 0) is 55.5 Å². The SMILES string of the molecule is NC(=O)c1c(NC(=O)COC(=O)CSc2ccc(Br)cc2)sc2c1CCCC2. The number of thiophene rings is 1. The summed E-state index contributed by atoms with van der Waals surface area (Å²) in [5.41, 5.74) is 6.85. The molecule has 1 heterocycles. The van der Waals surface area contributed by atoms with Crippen molar-refractivity contribution in [3.8, 4) is 0 Å². The van der Waals surface area contributed by atoms with Crippen molar-refractivity contribution in [2.45, 2.75) is 30.6 Å². The van der Waals surface area contributed by atoms with Gasteiger partial charge in [-0.1, -0.05) is 15.9 Å². The summed E-state index contributed by atoms with van der Waals surface area (Å²) in [6, 6.07) is 7.55. The first-order valence-corrected chi connectivity index (χ1v) is 11.3. The first kappa shape index (κ1) is 20.9. The van der Waals surface area contributed by atoms with Gasteiger partial charge < -0.3 is 15.8 Å². The molecule has 3 N–H and O–H groups in total. The highest BCUT2D eigenvalue weighted by Crippen LogP contribution is 2.37. The number of carbonyl (C=O) groups excluding carboxylic acids is 3. The molecular formula is C19H19BrN2O4S2. The van der Waals surface area contributed by atoms with Crippen molar-refractivity contribution in [2.75, 3.05) is 17.7 Å². The maximum Gasteiger partial charge on any atom is 0.316 e. The van der Waals surface area contributed by atoms with E-state index in [2.05, 4.69) is 21.2 Å². The molecular weight excluding hydrogens is 464 g/mol. The lowest BCUT2D eigenvalue weighted by atomic mass is 9.95. The molecule has 1 aliphatic rings. The van der Waals surface area contributed by atoms with E-state index in [-0.39, 0.29) is 5.75 Å². The molecule has 0 saturated carbocycles. The van der Waals surface area contributed by atoms with E-state index in [0.717, 1.165) is 45.5 Å². The number of carbonyl (C=O) groups is 3. The van der Waals surface area contributed by atoms with Gasteiger partial charge in [0.15, 0.2) is 6.61 Å². The number of anilines is 1. The number of amides is 2. The van der Waals surface area contributed by atoms with Crippen LogP contribution in [0.4, 0.5) is 5.00 Å². The normalized spacial score (nSPS) is 12.9. The zero-order chi connectivity index (χ0) is 20.1. The van der Waals surface area contributed by atoms with Crippen LogP contribution in [0, 0.1) is 0 Å². The predicted octanol–water partition coefficient (Wildman–Crippen LogP) is 3.76. The van der Waals surface area contributed by atoms with E-state index >= 15 is 0 Å². The van der Waals surface area contributed by atoms with Crippen LogP contribution in [0.5, 0.6) is 0 Å². The van der Waals surface area contributed by atoms with Gasteiger partial charge in [-0.3, -0.25) is 14.4 Å². The molecule has 0 saturated heterocycles. The number of hydrogen-bond acceptors (Lipinski definition) is 6. The van der Waals surface area contributed by atoms with E-state index in [1.165, 1.54) is 23.1 Å². The molecule has 1 aliphatic carbocycles. The van der Waals surface area contributed by atoms with Crippen LogP contribution in [0.3, 0.4) is 0 Å². The van der Waals surface area contributed by atoms with Gasteiger partial charge in [0.2, 0.25) is 0 Å². The molecule has 0 fully saturated rings. The van der Waals surface area contributed by atoms with Gasteiger partial charge in [-0.25, -0.2) is 0 Å². The summed E-state index contributed by atoms with van der Waals surface area (Å²) in [4.78, 5) is 37.9. The van der Waals surface area contributed by atoms with Gasteiger partial charge in [0, 0.05) is 14.2 Å². The molecule has 0 spiro atoms. The summed E-state index contributed by atoms with van der Waals surface area (Å²) in [5, 5.41) is 3.12. The van der Waals surface area contributed by atoms with Gasteiger partial charge in [-0.2, -0.15) is 0 Å². The van der Waals surface area contributed by atoms with E-state index in [4.69, 9.17) is 10.5 Å². The van der Waals surface area contributed by atoms with Crippen molar-refractivity contribution in [2.24, 2.45) is 5.73 Å². The van der Waals surface area contributed by atoms with Crippen molar-refractivity contribution in [3.63, 3.8) is 0 Å². The molecule has 0 radical (unpaired) electrons. The van der Waals surface area contributed by atoms with Crippen LogP contribution in [-0.2, 0) is 27.2 Å². The standard InChI is InChI=1S/C19H19BrN2O4S2/c20-11-5-7-12(8-6-11)27-10-16(24)26-9-15(23)22-19-17(18(21)25)13-3-1-2-4-14(13)28-19/h5-8H,1-4,9-10H2,(H2,21,25)(H,22,23). The van der Waals surface area contributed by atoms with Gasteiger partial charge in [0.1, 0.15) is 5.00 Å². The highest BCUT2D eigenvalue weighted by Gasteiger charge is 2.25. The van der Waals surface area contributed by atoms with Crippen LogP contribution >= 0.6 is 39.0 Å². The maximum atomic E-state index is 12.2. The minimum atomic E-state index is -0.544. The third-order valence-corrected chi connectivity index (χ3v) is 6.93. The number of hydrogen-bond donors (Lipinski definition) is 2. The lowest BCUT2D eigenvalue weighted by molar-refractivity contribution is -0.144. The molecule has 0 unspecified atom stereocenters. The summed E-state index contributed by atoms with van der Waals surface area (Å²) in [6.45, 7) is -0.402. The Morgan fingerprint density at radius 2 is 1.89 bits per heavy atom. The van der Waals surface area contributed by atoms with Gasteiger partial charge >= 0.3 is 5.97 Å². The van der Waals surface area contributed by atoms with Crippen molar-refractivity contribution in [1.29, 1.82) is 0 Å². The van der Waals surface area contributed by atoms with Crippen LogP contribution in [0.1, 0.15) is 33.6 Å². The van der Waals surface area contributed by atoms with Gasteiger partial charge in [0.05, 0.1) is 11.3 Å². The van der Waals surface area contributed by atoms with Gasteiger partial charge in [0.25, 0.3) is 11.8 Å².